The maximum Gasteiger partial charge on any atom is 0.263 e. The van der Waals surface area contributed by atoms with Crippen LogP contribution in [0.3, 0.4) is 0 Å². The van der Waals surface area contributed by atoms with Crippen molar-refractivity contribution in [3.05, 3.63) is 50.4 Å². The summed E-state index contributed by atoms with van der Waals surface area (Å²) in [6.07, 6.45) is 0.484. The Kier molecular flexibility index (Phi) is 5.53. The fourth-order valence-electron chi connectivity index (χ4n) is 3.18. The molecule has 0 N–H and O–H groups in total. The lowest BCUT2D eigenvalue weighted by molar-refractivity contribution is 0.199. The largest absolute Gasteiger partial charge is 0.384 e. The molecule has 3 aromatic rings. The van der Waals surface area contributed by atoms with Crippen LogP contribution in [0.1, 0.15) is 21.8 Å². The van der Waals surface area contributed by atoms with Gasteiger partial charge in [-0.15, -0.1) is 11.3 Å². The number of hydrogen-bond donors (Lipinski definition) is 0. The lowest BCUT2D eigenvalue weighted by Crippen LogP contribution is -2.26. The van der Waals surface area contributed by atoms with Crippen molar-refractivity contribution in [1.29, 1.82) is 0 Å². The van der Waals surface area contributed by atoms with Crippen molar-refractivity contribution >= 4 is 21.6 Å². The maximum absolute atomic E-state index is 13.2. The summed E-state index contributed by atoms with van der Waals surface area (Å²) in [6.45, 7) is 5.99. The molecule has 2 heterocycles. The Morgan fingerprint density at radius 3 is 2.65 bits per heavy atom. The summed E-state index contributed by atoms with van der Waals surface area (Å²) < 4.78 is 19.6. The van der Waals surface area contributed by atoms with E-state index in [1.807, 2.05) is 13.0 Å². The van der Waals surface area contributed by atoms with E-state index in [0.717, 1.165) is 16.0 Å². The van der Waals surface area contributed by atoms with E-state index < -0.39 is 6.67 Å². The average Bonchev–Trinajstić information content (AvgIpc) is 2.94. The van der Waals surface area contributed by atoms with Crippen LogP contribution in [0, 0.1) is 20.8 Å². The van der Waals surface area contributed by atoms with Crippen molar-refractivity contribution in [1.82, 2.24) is 9.55 Å². The van der Waals surface area contributed by atoms with Crippen LogP contribution in [0.5, 0.6) is 0 Å². The average molecular weight is 374 g/mol. The lowest BCUT2D eigenvalue weighted by atomic mass is 9.99. The molecule has 0 saturated carbocycles. The molecule has 138 valence electrons. The summed E-state index contributed by atoms with van der Waals surface area (Å²) in [4.78, 5) is 19.6. The van der Waals surface area contributed by atoms with Gasteiger partial charge in [0.15, 0.2) is 0 Å². The molecule has 4 nitrogen and oxygen atoms in total. The van der Waals surface area contributed by atoms with E-state index in [0.29, 0.717) is 29.1 Å². The third kappa shape index (κ3) is 3.31. The first-order valence-corrected chi connectivity index (χ1v) is 9.45. The molecule has 0 fully saturated rings. The van der Waals surface area contributed by atoms with Crippen LogP contribution in [0.4, 0.5) is 4.39 Å². The van der Waals surface area contributed by atoms with E-state index in [1.54, 1.807) is 7.11 Å². The van der Waals surface area contributed by atoms with Crippen molar-refractivity contribution in [2.45, 2.75) is 33.7 Å². The zero-order valence-corrected chi connectivity index (χ0v) is 16.4. The van der Waals surface area contributed by atoms with Crippen molar-refractivity contribution in [2.24, 2.45) is 0 Å². The van der Waals surface area contributed by atoms with Gasteiger partial charge in [-0.1, -0.05) is 18.2 Å². The van der Waals surface area contributed by atoms with Gasteiger partial charge in [-0.3, -0.25) is 9.36 Å². The number of alkyl halides is 1. The molecule has 2 aromatic heterocycles. The minimum Gasteiger partial charge on any atom is -0.384 e. The number of aryl methyl sites for hydroxylation is 3. The quantitative estimate of drug-likeness (QED) is 0.649. The molecule has 3 rings (SSSR count). The highest BCUT2D eigenvalue weighted by Gasteiger charge is 2.19. The molecule has 6 heteroatoms. The van der Waals surface area contributed by atoms with Crippen LogP contribution in [0.15, 0.2) is 23.0 Å². The molecule has 0 bridgehead atoms. The van der Waals surface area contributed by atoms with Gasteiger partial charge in [0.05, 0.1) is 18.5 Å². The van der Waals surface area contributed by atoms with Crippen LogP contribution in [-0.2, 0) is 17.7 Å². The van der Waals surface area contributed by atoms with Gasteiger partial charge in [0.2, 0.25) is 0 Å². The fourth-order valence-corrected chi connectivity index (χ4v) is 4.24. The second-order valence-corrected chi connectivity index (χ2v) is 7.63. The highest BCUT2D eigenvalue weighted by Crippen LogP contribution is 2.36. The summed E-state index contributed by atoms with van der Waals surface area (Å²) in [7, 11) is 1.60. The van der Waals surface area contributed by atoms with E-state index >= 15 is 0 Å². The van der Waals surface area contributed by atoms with Crippen LogP contribution in [0.25, 0.3) is 21.3 Å². The van der Waals surface area contributed by atoms with Gasteiger partial charge in [0.1, 0.15) is 17.3 Å². The van der Waals surface area contributed by atoms with Crippen LogP contribution >= 0.6 is 11.3 Å². The summed E-state index contributed by atoms with van der Waals surface area (Å²) in [5, 5.41) is 0.588. The van der Waals surface area contributed by atoms with Gasteiger partial charge in [-0.2, -0.15) is 0 Å². The number of rotatable bonds is 6. The number of benzene rings is 1. The highest BCUT2D eigenvalue weighted by molar-refractivity contribution is 7.19. The van der Waals surface area contributed by atoms with Crippen LogP contribution in [-0.4, -0.2) is 29.9 Å². The summed E-state index contributed by atoms with van der Waals surface area (Å²) in [5.41, 5.74) is 4.13. The summed E-state index contributed by atoms with van der Waals surface area (Å²) in [6, 6.07) is 6.20. The predicted molar refractivity (Wildman–Crippen MR) is 105 cm³/mol. The van der Waals surface area contributed by atoms with Gasteiger partial charge >= 0.3 is 0 Å². The highest BCUT2D eigenvalue weighted by atomic mass is 32.1. The van der Waals surface area contributed by atoms with Crippen molar-refractivity contribution < 1.29 is 9.13 Å². The molecule has 1 aromatic carbocycles. The Morgan fingerprint density at radius 1 is 1.23 bits per heavy atom. The first-order valence-electron chi connectivity index (χ1n) is 8.63. The Bertz CT molecular complexity index is 1010. The smallest absolute Gasteiger partial charge is 0.263 e. The molecular formula is C20H23FN2O2S. The molecule has 0 spiro atoms. The maximum atomic E-state index is 13.2. The number of halogens is 1. The second kappa shape index (κ2) is 7.68. The molecule has 0 amide bonds. The lowest BCUT2D eigenvalue weighted by Gasteiger charge is -2.11. The number of methoxy groups -OCH3 is 1. The molecule has 0 radical (unpaired) electrons. The Hall–Kier alpha value is -2.05. The molecular weight excluding hydrogens is 351 g/mol. The topological polar surface area (TPSA) is 44.1 Å². The van der Waals surface area contributed by atoms with Crippen molar-refractivity contribution in [3.63, 3.8) is 0 Å². The number of fused-ring (bicyclic) bond motifs is 1. The normalized spacial score (nSPS) is 11.4. The zero-order chi connectivity index (χ0) is 18.8. The van der Waals surface area contributed by atoms with Gasteiger partial charge in [0.25, 0.3) is 5.56 Å². The van der Waals surface area contributed by atoms with Gasteiger partial charge in [0, 0.05) is 24.0 Å². The first-order chi connectivity index (χ1) is 12.5. The summed E-state index contributed by atoms with van der Waals surface area (Å²) >= 11 is 1.51. The Morgan fingerprint density at radius 2 is 2.00 bits per heavy atom. The van der Waals surface area contributed by atoms with E-state index in [2.05, 4.69) is 31.0 Å². The Balaban J connectivity index is 2.28. The third-order valence-electron chi connectivity index (χ3n) is 4.70. The van der Waals surface area contributed by atoms with Crippen LogP contribution < -0.4 is 5.56 Å². The molecule has 0 aliphatic rings. The second-order valence-electron chi connectivity index (χ2n) is 6.43. The minimum absolute atomic E-state index is 0.0160. The third-order valence-corrected chi connectivity index (χ3v) is 5.70. The van der Waals surface area contributed by atoms with E-state index in [-0.39, 0.29) is 12.1 Å². The predicted octanol–water partition coefficient (Wildman–Crippen LogP) is 4.21. The minimum atomic E-state index is -0.602. The molecule has 0 aliphatic heterocycles. The standard InChI is InChI=1S/C20H23FN2O2S/c1-12-5-6-15(11-13(12)2)17-14(3)26-19-18(17)20(24)23(9-8-21)16(22-19)7-10-25-4/h5-6,11H,7-10H2,1-4H3. The monoisotopic (exact) mass is 374 g/mol. The molecule has 0 aliphatic carbocycles. The van der Waals surface area contributed by atoms with E-state index in [4.69, 9.17) is 4.74 Å². The molecule has 0 unspecified atom stereocenters. The zero-order valence-electron chi connectivity index (χ0n) is 15.6. The molecule has 0 saturated heterocycles. The number of aromatic nitrogens is 2. The number of nitrogens with zero attached hydrogens (tertiary/aromatic N) is 2. The van der Waals surface area contributed by atoms with Gasteiger partial charge < -0.3 is 4.74 Å². The van der Waals surface area contributed by atoms with E-state index in [9.17, 15) is 9.18 Å². The number of ether oxygens (including phenoxy) is 1. The first kappa shape index (κ1) is 18.7. The number of hydrogen-bond acceptors (Lipinski definition) is 4. The van der Waals surface area contributed by atoms with Crippen molar-refractivity contribution in [3.8, 4) is 11.1 Å². The molecule has 0 atom stereocenters. The van der Waals surface area contributed by atoms with Gasteiger partial charge in [-0.25, -0.2) is 9.37 Å². The van der Waals surface area contributed by atoms with Crippen LogP contribution in [0.2, 0.25) is 0 Å². The fraction of sp³-hybridized carbons (Fsp3) is 0.400. The Labute approximate surface area is 156 Å². The number of thiophene rings is 1. The SMILES string of the molecule is COCCc1nc2sc(C)c(-c3ccc(C)c(C)c3)c2c(=O)n1CCF. The van der Waals surface area contributed by atoms with E-state index in [1.165, 1.54) is 27.0 Å². The van der Waals surface area contributed by atoms with Gasteiger partial charge in [-0.05, 0) is 37.5 Å². The molecule has 26 heavy (non-hydrogen) atoms. The van der Waals surface area contributed by atoms with Crippen molar-refractivity contribution in [2.75, 3.05) is 20.4 Å². The summed E-state index contributed by atoms with van der Waals surface area (Å²) in [5.74, 6) is 0.579.